The van der Waals surface area contributed by atoms with E-state index in [4.69, 9.17) is 0 Å². The molecule has 1 N–H and O–H groups in total. The lowest BCUT2D eigenvalue weighted by atomic mass is 9.86. The molecule has 2 aliphatic rings. The standard InChI is InChI=1S/C17H30N4/c1-5-13(2)16-9-18-17(3,15-6-7-15)12-21(16)11-14-8-19-20(4)10-14/h8,10,13,15-16,18H,5-7,9,11-12H2,1-4H3. The number of rotatable bonds is 5. The first kappa shape index (κ1) is 15.0. The average Bonchev–Trinajstić information content (AvgIpc) is 3.24. The zero-order chi connectivity index (χ0) is 15.0. The van der Waals surface area contributed by atoms with Crippen LogP contribution < -0.4 is 5.32 Å². The molecule has 1 aromatic rings. The van der Waals surface area contributed by atoms with E-state index in [-0.39, 0.29) is 0 Å². The summed E-state index contributed by atoms with van der Waals surface area (Å²) in [4.78, 5) is 2.71. The molecule has 2 fully saturated rings. The third-order valence-electron chi connectivity index (χ3n) is 5.64. The Morgan fingerprint density at radius 3 is 2.81 bits per heavy atom. The van der Waals surface area contributed by atoms with E-state index in [0.717, 1.165) is 24.9 Å². The van der Waals surface area contributed by atoms with Gasteiger partial charge in [0.25, 0.3) is 0 Å². The molecule has 0 spiro atoms. The molecular weight excluding hydrogens is 260 g/mol. The van der Waals surface area contributed by atoms with Gasteiger partial charge in [-0.1, -0.05) is 20.3 Å². The lowest BCUT2D eigenvalue weighted by Gasteiger charge is -2.48. The fourth-order valence-corrected chi connectivity index (χ4v) is 3.85. The molecule has 3 unspecified atom stereocenters. The van der Waals surface area contributed by atoms with Crippen LogP contribution >= 0.6 is 0 Å². The van der Waals surface area contributed by atoms with Gasteiger partial charge >= 0.3 is 0 Å². The highest BCUT2D eigenvalue weighted by molar-refractivity contribution is 5.09. The van der Waals surface area contributed by atoms with Crippen LogP contribution in [0.2, 0.25) is 0 Å². The van der Waals surface area contributed by atoms with E-state index in [1.165, 1.54) is 31.4 Å². The molecule has 1 saturated heterocycles. The predicted octanol–water partition coefficient (Wildman–Crippen LogP) is 2.41. The van der Waals surface area contributed by atoms with Gasteiger partial charge in [0.1, 0.15) is 0 Å². The summed E-state index contributed by atoms with van der Waals surface area (Å²) in [6.45, 7) is 10.5. The molecule has 0 amide bonds. The van der Waals surface area contributed by atoms with Crippen molar-refractivity contribution < 1.29 is 0 Å². The second-order valence-electron chi connectivity index (χ2n) is 7.45. The van der Waals surface area contributed by atoms with Gasteiger partial charge in [0.15, 0.2) is 0 Å². The van der Waals surface area contributed by atoms with Crippen LogP contribution in [0.4, 0.5) is 0 Å². The zero-order valence-corrected chi connectivity index (χ0v) is 14.0. The minimum absolute atomic E-state index is 0.312. The van der Waals surface area contributed by atoms with Gasteiger partial charge < -0.3 is 5.32 Å². The van der Waals surface area contributed by atoms with Gasteiger partial charge in [0.2, 0.25) is 0 Å². The van der Waals surface area contributed by atoms with Crippen molar-refractivity contribution in [2.45, 2.75) is 58.2 Å². The van der Waals surface area contributed by atoms with Crippen molar-refractivity contribution in [2.24, 2.45) is 18.9 Å². The monoisotopic (exact) mass is 290 g/mol. The molecule has 0 radical (unpaired) electrons. The number of hydrogen-bond acceptors (Lipinski definition) is 3. The molecule has 3 atom stereocenters. The Balaban J connectivity index is 1.75. The van der Waals surface area contributed by atoms with E-state index < -0.39 is 0 Å². The second-order valence-corrected chi connectivity index (χ2v) is 7.45. The Hall–Kier alpha value is -0.870. The quantitative estimate of drug-likeness (QED) is 0.904. The van der Waals surface area contributed by atoms with Crippen LogP contribution in [0, 0.1) is 11.8 Å². The summed E-state index contributed by atoms with van der Waals surface area (Å²) in [5.41, 5.74) is 1.65. The number of piperazine rings is 1. The SMILES string of the molecule is CCC(C)C1CNC(C)(C2CC2)CN1Cc1cnn(C)c1. The normalized spacial score (nSPS) is 32.3. The number of aryl methyl sites for hydroxylation is 1. The summed E-state index contributed by atoms with van der Waals surface area (Å²) in [5.74, 6) is 1.62. The minimum atomic E-state index is 0.312. The third-order valence-corrected chi connectivity index (χ3v) is 5.64. The van der Waals surface area contributed by atoms with Crippen molar-refractivity contribution in [3.8, 4) is 0 Å². The third kappa shape index (κ3) is 3.16. The molecule has 1 aliphatic carbocycles. The lowest BCUT2D eigenvalue weighted by Crippen LogP contribution is -2.64. The maximum absolute atomic E-state index is 4.33. The number of nitrogens with one attached hydrogen (secondary N) is 1. The van der Waals surface area contributed by atoms with E-state index in [9.17, 15) is 0 Å². The highest BCUT2D eigenvalue weighted by atomic mass is 15.3. The first-order valence-electron chi connectivity index (χ1n) is 8.48. The van der Waals surface area contributed by atoms with Crippen LogP contribution in [0.25, 0.3) is 0 Å². The fourth-order valence-electron chi connectivity index (χ4n) is 3.85. The van der Waals surface area contributed by atoms with Gasteiger partial charge in [-0.05, 0) is 31.6 Å². The van der Waals surface area contributed by atoms with Gasteiger partial charge in [-0.15, -0.1) is 0 Å². The Morgan fingerprint density at radius 1 is 1.48 bits per heavy atom. The topological polar surface area (TPSA) is 33.1 Å². The molecule has 2 heterocycles. The van der Waals surface area contributed by atoms with Crippen LogP contribution in [-0.2, 0) is 13.6 Å². The fraction of sp³-hybridized carbons (Fsp3) is 0.824. The van der Waals surface area contributed by atoms with Crippen LogP contribution in [0.5, 0.6) is 0 Å². The number of hydrogen-bond donors (Lipinski definition) is 1. The smallest absolute Gasteiger partial charge is 0.0534 e. The van der Waals surface area contributed by atoms with Crippen LogP contribution in [-0.4, -0.2) is 39.4 Å². The highest BCUT2D eigenvalue weighted by Crippen LogP contribution is 2.42. The first-order valence-corrected chi connectivity index (χ1v) is 8.48. The van der Waals surface area contributed by atoms with Crippen LogP contribution in [0.15, 0.2) is 12.4 Å². The molecule has 0 bridgehead atoms. The molecule has 3 rings (SSSR count). The van der Waals surface area contributed by atoms with E-state index >= 15 is 0 Å². The predicted molar refractivity (Wildman–Crippen MR) is 86.0 cm³/mol. The molecule has 21 heavy (non-hydrogen) atoms. The molecule has 0 aromatic carbocycles. The summed E-state index contributed by atoms with van der Waals surface area (Å²) in [7, 11) is 2.00. The minimum Gasteiger partial charge on any atom is -0.308 e. The Morgan fingerprint density at radius 2 is 2.24 bits per heavy atom. The summed E-state index contributed by atoms with van der Waals surface area (Å²) in [5, 5.41) is 8.21. The first-order chi connectivity index (χ1) is 10.0. The Kier molecular flexibility index (Phi) is 4.10. The maximum atomic E-state index is 4.33. The van der Waals surface area contributed by atoms with Gasteiger partial charge in [-0.2, -0.15) is 5.10 Å². The highest BCUT2D eigenvalue weighted by Gasteiger charge is 2.46. The van der Waals surface area contributed by atoms with Crippen molar-refractivity contribution in [1.82, 2.24) is 20.0 Å². The van der Waals surface area contributed by atoms with Crippen LogP contribution in [0.1, 0.15) is 45.6 Å². The molecular formula is C17H30N4. The molecule has 1 aromatic heterocycles. The maximum Gasteiger partial charge on any atom is 0.0534 e. The lowest BCUT2D eigenvalue weighted by molar-refractivity contribution is 0.0413. The van der Waals surface area contributed by atoms with E-state index in [1.807, 2.05) is 17.9 Å². The van der Waals surface area contributed by atoms with E-state index in [2.05, 4.69) is 42.3 Å². The van der Waals surface area contributed by atoms with Gasteiger partial charge in [0.05, 0.1) is 6.20 Å². The number of nitrogens with zero attached hydrogens (tertiary/aromatic N) is 3. The van der Waals surface area contributed by atoms with Crippen molar-refractivity contribution in [3.05, 3.63) is 18.0 Å². The molecule has 1 saturated carbocycles. The van der Waals surface area contributed by atoms with Crippen molar-refractivity contribution in [1.29, 1.82) is 0 Å². The van der Waals surface area contributed by atoms with Crippen molar-refractivity contribution in [2.75, 3.05) is 13.1 Å². The summed E-state index contributed by atoms with van der Waals surface area (Å²) in [6.07, 6.45) is 8.22. The zero-order valence-electron chi connectivity index (χ0n) is 14.0. The van der Waals surface area contributed by atoms with Gasteiger partial charge in [-0.3, -0.25) is 9.58 Å². The summed E-state index contributed by atoms with van der Waals surface area (Å²) in [6, 6.07) is 0.641. The molecule has 1 aliphatic heterocycles. The Bertz CT molecular complexity index is 479. The average molecular weight is 290 g/mol. The van der Waals surface area contributed by atoms with Gasteiger partial charge in [0, 0.05) is 50.0 Å². The van der Waals surface area contributed by atoms with E-state index in [1.54, 1.807) is 0 Å². The molecule has 4 nitrogen and oxygen atoms in total. The van der Waals surface area contributed by atoms with E-state index in [0.29, 0.717) is 11.6 Å². The Labute approximate surface area is 128 Å². The summed E-state index contributed by atoms with van der Waals surface area (Å²) >= 11 is 0. The van der Waals surface area contributed by atoms with Crippen molar-refractivity contribution in [3.63, 3.8) is 0 Å². The van der Waals surface area contributed by atoms with Crippen molar-refractivity contribution >= 4 is 0 Å². The second kappa shape index (κ2) is 5.73. The van der Waals surface area contributed by atoms with Gasteiger partial charge in [-0.25, -0.2) is 0 Å². The summed E-state index contributed by atoms with van der Waals surface area (Å²) < 4.78 is 1.91. The largest absolute Gasteiger partial charge is 0.308 e. The number of aromatic nitrogens is 2. The van der Waals surface area contributed by atoms with Crippen LogP contribution in [0.3, 0.4) is 0 Å². The molecule has 118 valence electrons. The molecule has 4 heteroatoms.